The Morgan fingerprint density at radius 2 is 1.91 bits per heavy atom. The summed E-state index contributed by atoms with van der Waals surface area (Å²) in [5, 5.41) is 0. The van der Waals surface area contributed by atoms with Crippen LogP contribution in [0.5, 0.6) is 0 Å². The Hall–Kier alpha value is -2.11. The van der Waals surface area contributed by atoms with Crippen LogP contribution in [0, 0.1) is 0 Å². The van der Waals surface area contributed by atoms with Gasteiger partial charge in [0.25, 0.3) is 0 Å². The second-order valence-corrected chi connectivity index (χ2v) is 11.3. The number of carbonyl (C=O) groups excluding carboxylic acids is 1. The van der Waals surface area contributed by atoms with Gasteiger partial charge in [0.05, 0.1) is 11.8 Å². The maximum Gasteiger partial charge on any atom is 0.410 e. The minimum Gasteiger partial charge on any atom is -0.444 e. The van der Waals surface area contributed by atoms with Crippen molar-refractivity contribution in [3.8, 4) is 0 Å². The molecule has 1 amide bonds. The number of anilines is 2. The summed E-state index contributed by atoms with van der Waals surface area (Å²) in [7, 11) is -1.98. The molecule has 10 nitrogen and oxygen atoms in total. The van der Waals surface area contributed by atoms with E-state index in [2.05, 4.69) is 9.88 Å². The second-order valence-electron chi connectivity index (χ2n) is 9.52. The maximum atomic E-state index is 13.4. The lowest BCUT2D eigenvalue weighted by Gasteiger charge is -2.26. The average molecular weight is 468 g/mol. The summed E-state index contributed by atoms with van der Waals surface area (Å²) in [4.78, 5) is 20.5. The zero-order valence-corrected chi connectivity index (χ0v) is 20.0. The Bertz CT molecular complexity index is 950. The van der Waals surface area contributed by atoms with Crippen molar-refractivity contribution in [3.63, 3.8) is 0 Å². The van der Waals surface area contributed by atoms with Crippen molar-refractivity contribution in [1.29, 1.82) is 0 Å². The Morgan fingerprint density at radius 3 is 2.59 bits per heavy atom. The largest absolute Gasteiger partial charge is 0.444 e. The summed E-state index contributed by atoms with van der Waals surface area (Å²) in [5.74, 6) is 0.757. The quantitative estimate of drug-likeness (QED) is 0.665. The van der Waals surface area contributed by atoms with Crippen LogP contribution in [-0.2, 0) is 19.7 Å². The monoisotopic (exact) mass is 467 g/mol. The fourth-order valence-electron chi connectivity index (χ4n) is 4.51. The molecule has 0 N–H and O–H groups in total. The summed E-state index contributed by atoms with van der Waals surface area (Å²) in [6, 6.07) is 3.32. The molecule has 0 saturated carbocycles. The number of likely N-dealkylation sites (tertiary alicyclic amines) is 1. The van der Waals surface area contributed by atoms with Crippen molar-refractivity contribution >= 4 is 27.8 Å². The molecule has 4 rings (SSSR count). The number of hydrogen-bond donors (Lipinski definition) is 0. The molecule has 0 bridgehead atoms. The van der Waals surface area contributed by atoms with Crippen molar-refractivity contribution in [1.82, 2.24) is 14.2 Å². The molecule has 1 aromatic rings. The van der Waals surface area contributed by atoms with E-state index in [1.807, 2.05) is 26.8 Å². The van der Waals surface area contributed by atoms with E-state index in [1.165, 1.54) is 8.61 Å². The molecule has 2 atom stereocenters. The fourth-order valence-corrected chi connectivity index (χ4v) is 6.32. The van der Waals surface area contributed by atoms with E-state index in [9.17, 15) is 13.2 Å². The number of rotatable bonds is 4. The minimum atomic E-state index is -3.69. The van der Waals surface area contributed by atoms with Crippen LogP contribution in [0.15, 0.2) is 18.3 Å². The first-order valence-electron chi connectivity index (χ1n) is 11.1. The number of hydrogen-bond acceptors (Lipinski definition) is 7. The number of amides is 1. The zero-order valence-electron chi connectivity index (χ0n) is 19.2. The van der Waals surface area contributed by atoms with Gasteiger partial charge in [-0.1, -0.05) is 0 Å². The molecule has 11 heteroatoms. The Balaban J connectivity index is 1.45. The average Bonchev–Trinajstić information content (AvgIpc) is 3.44. The minimum absolute atomic E-state index is 0.168. The van der Waals surface area contributed by atoms with Crippen molar-refractivity contribution in [2.45, 2.75) is 51.4 Å². The molecule has 3 aliphatic heterocycles. The van der Waals surface area contributed by atoms with Gasteiger partial charge in [-0.25, -0.2) is 9.78 Å². The first-order chi connectivity index (χ1) is 15.1. The lowest BCUT2D eigenvalue weighted by molar-refractivity contribution is 0.0287. The van der Waals surface area contributed by atoms with Crippen LogP contribution in [-0.4, -0.2) is 92.8 Å². The topological polar surface area (TPSA) is 95.5 Å². The zero-order chi connectivity index (χ0) is 23.1. The molecular weight excluding hydrogens is 434 g/mol. The van der Waals surface area contributed by atoms with E-state index in [0.717, 1.165) is 25.3 Å². The molecule has 3 saturated heterocycles. The van der Waals surface area contributed by atoms with Gasteiger partial charge in [-0.2, -0.15) is 12.7 Å². The van der Waals surface area contributed by atoms with Crippen molar-refractivity contribution in [2.24, 2.45) is 0 Å². The lowest BCUT2D eigenvalue weighted by atomic mass is 10.2. The third-order valence-electron chi connectivity index (χ3n) is 6.14. The fraction of sp³-hybridized carbons (Fsp3) is 0.714. The third-order valence-corrected chi connectivity index (χ3v) is 8.16. The highest BCUT2D eigenvalue weighted by molar-refractivity contribution is 7.90. The molecule has 0 aromatic carbocycles. The maximum absolute atomic E-state index is 13.4. The highest BCUT2D eigenvalue weighted by Gasteiger charge is 2.44. The van der Waals surface area contributed by atoms with E-state index < -0.39 is 21.9 Å². The molecule has 0 radical (unpaired) electrons. The number of nitrogens with zero attached hydrogens (tertiary/aromatic N) is 5. The standard InChI is InChI=1S/C21H33N5O5S/c1-21(2,3)31-20(27)24-9-6-17(14-24)26-12-11-25(32(26,28)29)16-5-8-22-19(13-16)23-10-7-18(15-23)30-4/h5,8,13,17-18H,6-7,9-12,14-15H2,1-4H3/t17?,18-/m1/s1. The van der Waals surface area contributed by atoms with Crippen molar-refractivity contribution in [3.05, 3.63) is 18.3 Å². The Kier molecular flexibility index (Phi) is 6.25. The van der Waals surface area contributed by atoms with E-state index in [1.54, 1.807) is 24.3 Å². The van der Waals surface area contributed by atoms with Crippen LogP contribution in [0.2, 0.25) is 0 Å². The van der Waals surface area contributed by atoms with E-state index >= 15 is 0 Å². The van der Waals surface area contributed by atoms with E-state index in [4.69, 9.17) is 9.47 Å². The van der Waals surface area contributed by atoms with Crippen LogP contribution in [0.4, 0.5) is 16.3 Å². The smallest absolute Gasteiger partial charge is 0.410 e. The van der Waals surface area contributed by atoms with Gasteiger partial charge in [0.2, 0.25) is 0 Å². The van der Waals surface area contributed by atoms with Gasteiger partial charge in [0.1, 0.15) is 11.4 Å². The Morgan fingerprint density at radius 1 is 1.12 bits per heavy atom. The van der Waals surface area contributed by atoms with Gasteiger partial charge >= 0.3 is 16.3 Å². The first kappa shape index (κ1) is 23.1. The number of pyridine rings is 1. The van der Waals surface area contributed by atoms with E-state index in [0.29, 0.717) is 38.3 Å². The van der Waals surface area contributed by atoms with Crippen LogP contribution in [0.1, 0.15) is 33.6 Å². The molecule has 3 aliphatic rings. The SMILES string of the molecule is CO[C@@H]1CCN(c2cc(N3CCN(C4CCN(C(=O)OC(C)(C)C)C4)S3(=O)=O)ccn2)C1. The summed E-state index contributed by atoms with van der Waals surface area (Å²) < 4.78 is 40.6. The van der Waals surface area contributed by atoms with E-state index in [-0.39, 0.29) is 12.1 Å². The van der Waals surface area contributed by atoms with Gasteiger partial charge in [0, 0.05) is 64.7 Å². The third kappa shape index (κ3) is 4.65. The van der Waals surface area contributed by atoms with Crippen molar-refractivity contribution in [2.75, 3.05) is 55.6 Å². The summed E-state index contributed by atoms with van der Waals surface area (Å²) in [6.45, 7) is 8.63. The first-order valence-corrected chi connectivity index (χ1v) is 12.5. The van der Waals surface area contributed by atoms with Gasteiger partial charge < -0.3 is 19.3 Å². The number of carbonyl (C=O) groups is 1. The van der Waals surface area contributed by atoms with Gasteiger partial charge in [-0.3, -0.25) is 4.31 Å². The van der Waals surface area contributed by atoms with Crippen LogP contribution in [0.3, 0.4) is 0 Å². The number of aromatic nitrogens is 1. The number of ether oxygens (including phenoxy) is 2. The summed E-state index contributed by atoms with van der Waals surface area (Å²) in [6.07, 6.45) is 2.95. The molecule has 1 aromatic heterocycles. The lowest BCUT2D eigenvalue weighted by Crippen LogP contribution is -2.43. The number of methoxy groups -OCH3 is 1. The van der Waals surface area contributed by atoms with Crippen molar-refractivity contribution < 1.29 is 22.7 Å². The predicted molar refractivity (Wildman–Crippen MR) is 121 cm³/mol. The highest BCUT2D eigenvalue weighted by Crippen LogP contribution is 2.32. The molecule has 32 heavy (non-hydrogen) atoms. The summed E-state index contributed by atoms with van der Waals surface area (Å²) in [5.41, 5.74) is 0.0314. The summed E-state index contributed by atoms with van der Waals surface area (Å²) >= 11 is 0. The van der Waals surface area contributed by atoms with Gasteiger partial charge in [-0.05, 0) is 39.7 Å². The molecule has 1 unspecified atom stereocenters. The highest BCUT2D eigenvalue weighted by atomic mass is 32.2. The molecule has 4 heterocycles. The normalized spacial score (nSPS) is 26.2. The van der Waals surface area contributed by atoms with Crippen LogP contribution in [0.25, 0.3) is 0 Å². The Labute approximate surface area is 190 Å². The second kappa shape index (κ2) is 8.68. The van der Waals surface area contributed by atoms with Gasteiger partial charge in [-0.15, -0.1) is 0 Å². The molecular formula is C21H33N5O5S. The molecule has 3 fully saturated rings. The van der Waals surface area contributed by atoms with Gasteiger partial charge in [0.15, 0.2) is 0 Å². The predicted octanol–water partition coefficient (Wildman–Crippen LogP) is 1.68. The molecule has 0 aliphatic carbocycles. The van der Waals surface area contributed by atoms with Crippen LogP contribution >= 0.6 is 0 Å². The molecule has 178 valence electrons. The molecule has 0 spiro atoms. The van der Waals surface area contributed by atoms with Crippen LogP contribution < -0.4 is 9.21 Å².